The van der Waals surface area contributed by atoms with E-state index in [1.165, 1.54) is 24.0 Å². The lowest BCUT2D eigenvalue weighted by atomic mass is 9.99. The van der Waals surface area contributed by atoms with Gasteiger partial charge in [-0.2, -0.15) is 0 Å². The Morgan fingerprint density at radius 3 is 2.41 bits per heavy atom. The van der Waals surface area contributed by atoms with Crippen molar-refractivity contribution in [3.05, 3.63) is 64.2 Å². The average molecular weight is 367 g/mol. The number of rotatable bonds is 6. The fraction of sp³-hybridized carbons (Fsp3) is 0.435. The molecule has 0 aliphatic carbocycles. The number of nitrogens with one attached hydrogen (secondary N) is 1. The molecule has 4 heteroatoms. The van der Waals surface area contributed by atoms with Crippen LogP contribution in [-0.2, 0) is 0 Å². The molecule has 3 rings (SSSR count). The van der Waals surface area contributed by atoms with Crippen molar-refractivity contribution in [2.24, 2.45) is 0 Å². The van der Waals surface area contributed by atoms with Gasteiger partial charge < -0.3 is 10.1 Å². The summed E-state index contributed by atoms with van der Waals surface area (Å²) in [5.74, 6) is 0.866. The van der Waals surface area contributed by atoms with Crippen LogP contribution in [0, 0.1) is 20.8 Å². The number of benzene rings is 2. The first-order chi connectivity index (χ1) is 13.0. The summed E-state index contributed by atoms with van der Waals surface area (Å²) in [6, 6.07) is 12.5. The molecule has 0 spiro atoms. The van der Waals surface area contributed by atoms with Crippen molar-refractivity contribution in [3.63, 3.8) is 0 Å². The SMILES string of the molecule is COc1cccc(C(CNC(=O)c2c(C)cc(C)cc2C)N2CCCC2)c1. The third-order valence-corrected chi connectivity index (χ3v) is 5.42. The molecule has 1 aliphatic heterocycles. The standard InChI is InChI=1S/C23H30N2O2/c1-16-12-17(2)22(18(3)13-16)23(26)24-15-21(25-10-5-6-11-25)19-8-7-9-20(14-19)27-4/h7-9,12-14,21H,5-6,10-11,15H2,1-4H3,(H,24,26). The van der Waals surface area contributed by atoms with E-state index < -0.39 is 0 Å². The molecule has 0 aromatic heterocycles. The van der Waals surface area contributed by atoms with Crippen LogP contribution in [-0.4, -0.2) is 37.6 Å². The fourth-order valence-corrected chi connectivity index (χ4v) is 4.18. The average Bonchev–Trinajstić information content (AvgIpc) is 3.15. The zero-order valence-corrected chi connectivity index (χ0v) is 16.8. The van der Waals surface area contributed by atoms with Crippen LogP contribution >= 0.6 is 0 Å². The minimum Gasteiger partial charge on any atom is -0.497 e. The van der Waals surface area contributed by atoms with Gasteiger partial charge >= 0.3 is 0 Å². The van der Waals surface area contributed by atoms with Crippen molar-refractivity contribution < 1.29 is 9.53 Å². The Labute approximate surface area is 162 Å². The van der Waals surface area contributed by atoms with Crippen molar-refractivity contribution in [3.8, 4) is 5.75 Å². The molecule has 27 heavy (non-hydrogen) atoms. The number of methoxy groups -OCH3 is 1. The molecule has 1 heterocycles. The normalized spacial score (nSPS) is 15.6. The van der Waals surface area contributed by atoms with E-state index in [4.69, 9.17) is 4.74 Å². The summed E-state index contributed by atoms with van der Waals surface area (Å²) in [6.07, 6.45) is 2.43. The second-order valence-electron chi connectivity index (χ2n) is 7.52. The quantitative estimate of drug-likeness (QED) is 0.834. The van der Waals surface area contributed by atoms with Crippen molar-refractivity contribution in [1.29, 1.82) is 0 Å². The molecule has 1 amide bonds. The molecule has 2 aromatic carbocycles. The highest BCUT2D eigenvalue weighted by Gasteiger charge is 2.25. The van der Waals surface area contributed by atoms with Crippen molar-refractivity contribution in [1.82, 2.24) is 10.2 Å². The van der Waals surface area contributed by atoms with Gasteiger partial charge in [0.25, 0.3) is 5.91 Å². The molecule has 1 unspecified atom stereocenters. The predicted molar refractivity (Wildman–Crippen MR) is 110 cm³/mol. The van der Waals surface area contributed by atoms with Crippen LogP contribution in [0.2, 0.25) is 0 Å². The summed E-state index contributed by atoms with van der Waals surface area (Å²) in [5.41, 5.74) is 5.24. The van der Waals surface area contributed by atoms with E-state index in [0.717, 1.165) is 35.5 Å². The highest BCUT2D eigenvalue weighted by Crippen LogP contribution is 2.27. The lowest BCUT2D eigenvalue weighted by Crippen LogP contribution is -2.37. The van der Waals surface area contributed by atoms with Crippen molar-refractivity contribution in [2.45, 2.75) is 39.7 Å². The van der Waals surface area contributed by atoms with Crippen LogP contribution in [0.15, 0.2) is 36.4 Å². The third kappa shape index (κ3) is 4.51. The van der Waals surface area contributed by atoms with E-state index in [0.29, 0.717) is 6.54 Å². The summed E-state index contributed by atoms with van der Waals surface area (Å²) in [7, 11) is 1.69. The van der Waals surface area contributed by atoms with E-state index in [-0.39, 0.29) is 11.9 Å². The Morgan fingerprint density at radius 1 is 1.11 bits per heavy atom. The maximum Gasteiger partial charge on any atom is 0.251 e. The molecule has 0 radical (unpaired) electrons. The smallest absolute Gasteiger partial charge is 0.251 e. The third-order valence-electron chi connectivity index (χ3n) is 5.42. The summed E-state index contributed by atoms with van der Waals surface area (Å²) < 4.78 is 5.40. The molecular formula is C23H30N2O2. The van der Waals surface area contributed by atoms with Gasteiger partial charge in [0, 0.05) is 12.1 Å². The van der Waals surface area contributed by atoms with Gasteiger partial charge in [0.1, 0.15) is 5.75 Å². The molecule has 1 aliphatic rings. The lowest BCUT2D eigenvalue weighted by Gasteiger charge is -2.28. The van der Waals surface area contributed by atoms with Crippen LogP contribution in [0.3, 0.4) is 0 Å². The molecular weight excluding hydrogens is 336 g/mol. The van der Waals surface area contributed by atoms with Crippen LogP contribution < -0.4 is 10.1 Å². The van der Waals surface area contributed by atoms with Gasteiger partial charge in [-0.05, 0) is 75.5 Å². The second-order valence-corrected chi connectivity index (χ2v) is 7.52. The number of aryl methyl sites for hydroxylation is 3. The molecule has 2 aromatic rings. The van der Waals surface area contributed by atoms with Gasteiger partial charge in [-0.25, -0.2) is 0 Å². The topological polar surface area (TPSA) is 41.6 Å². The van der Waals surface area contributed by atoms with E-state index >= 15 is 0 Å². The van der Waals surface area contributed by atoms with Gasteiger partial charge in [-0.15, -0.1) is 0 Å². The predicted octanol–water partition coefficient (Wildman–Crippen LogP) is 4.19. The summed E-state index contributed by atoms with van der Waals surface area (Å²) in [5, 5.41) is 3.19. The maximum absolute atomic E-state index is 12.9. The Kier molecular flexibility index (Phi) is 6.17. The van der Waals surface area contributed by atoms with Crippen LogP contribution in [0.4, 0.5) is 0 Å². The summed E-state index contributed by atoms with van der Waals surface area (Å²) in [6.45, 7) is 8.82. The molecule has 1 fully saturated rings. The number of nitrogens with zero attached hydrogens (tertiary/aromatic N) is 1. The van der Waals surface area contributed by atoms with Gasteiger partial charge in [-0.1, -0.05) is 29.8 Å². The Bertz CT molecular complexity index is 787. The maximum atomic E-state index is 12.9. The van der Waals surface area contributed by atoms with Gasteiger partial charge in [0.05, 0.1) is 13.2 Å². The Morgan fingerprint density at radius 2 is 1.78 bits per heavy atom. The number of ether oxygens (including phenoxy) is 1. The number of carbonyl (C=O) groups excluding carboxylic acids is 1. The number of carbonyl (C=O) groups is 1. The zero-order chi connectivity index (χ0) is 19.4. The molecule has 0 saturated carbocycles. The number of amides is 1. The lowest BCUT2D eigenvalue weighted by molar-refractivity contribution is 0.0936. The van der Waals surface area contributed by atoms with E-state index in [2.05, 4.69) is 41.4 Å². The van der Waals surface area contributed by atoms with Gasteiger partial charge in [-0.3, -0.25) is 9.69 Å². The molecule has 4 nitrogen and oxygen atoms in total. The first kappa shape index (κ1) is 19.4. The fourth-order valence-electron chi connectivity index (χ4n) is 4.18. The second kappa shape index (κ2) is 8.57. The first-order valence-corrected chi connectivity index (χ1v) is 9.73. The molecule has 0 bridgehead atoms. The minimum atomic E-state index is 0.0112. The highest BCUT2D eigenvalue weighted by atomic mass is 16.5. The highest BCUT2D eigenvalue weighted by molar-refractivity contribution is 5.97. The van der Waals surface area contributed by atoms with Gasteiger partial charge in [0.2, 0.25) is 0 Å². The van der Waals surface area contributed by atoms with Crippen molar-refractivity contribution in [2.75, 3.05) is 26.7 Å². The van der Waals surface area contributed by atoms with Crippen LogP contribution in [0.5, 0.6) is 5.75 Å². The minimum absolute atomic E-state index is 0.0112. The molecule has 144 valence electrons. The monoisotopic (exact) mass is 366 g/mol. The van der Waals surface area contributed by atoms with E-state index in [9.17, 15) is 4.79 Å². The first-order valence-electron chi connectivity index (χ1n) is 9.73. The Balaban J connectivity index is 1.79. The van der Waals surface area contributed by atoms with Crippen LogP contribution in [0.25, 0.3) is 0 Å². The van der Waals surface area contributed by atoms with E-state index in [1.54, 1.807) is 7.11 Å². The van der Waals surface area contributed by atoms with E-state index in [1.807, 2.05) is 26.0 Å². The number of likely N-dealkylation sites (tertiary alicyclic amines) is 1. The zero-order valence-electron chi connectivity index (χ0n) is 16.8. The van der Waals surface area contributed by atoms with Gasteiger partial charge in [0.15, 0.2) is 0 Å². The number of hydrogen-bond donors (Lipinski definition) is 1. The summed E-state index contributed by atoms with van der Waals surface area (Å²) >= 11 is 0. The largest absolute Gasteiger partial charge is 0.497 e. The molecule has 1 atom stereocenters. The molecule has 1 N–H and O–H groups in total. The van der Waals surface area contributed by atoms with Crippen LogP contribution in [0.1, 0.15) is 51.5 Å². The van der Waals surface area contributed by atoms with Crippen molar-refractivity contribution >= 4 is 5.91 Å². The number of hydrogen-bond acceptors (Lipinski definition) is 3. The Hall–Kier alpha value is -2.33. The summed E-state index contributed by atoms with van der Waals surface area (Å²) in [4.78, 5) is 15.4. The molecule has 1 saturated heterocycles.